The zero-order chi connectivity index (χ0) is 25.8. The van der Waals surface area contributed by atoms with Crippen LogP contribution in [0, 0.1) is 0 Å². The SMILES string of the molecule is CC(C)c1ccc(C=C(C(=O)N=c2ccn(O)c(Cl)c2)C(=O)Nc2cccc(C(F)(F)F)c2)cc1. The number of aromatic nitrogens is 1. The van der Waals surface area contributed by atoms with Crippen molar-refractivity contribution in [2.45, 2.75) is 25.9 Å². The lowest BCUT2D eigenvalue weighted by Crippen LogP contribution is -2.21. The van der Waals surface area contributed by atoms with Crippen LogP contribution in [0.15, 0.2) is 77.4 Å². The average molecular weight is 504 g/mol. The van der Waals surface area contributed by atoms with Crippen LogP contribution in [0.1, 0.15) is 36.5 Å². The molecule has 0 aliphatic heterocycles. The van der Waals surface area contributed by atoms with Gasteiger partial charge in [-0.2, -0.15) is 17.9 Å². The summed E-state index contributed by atoms with van der Waals surface area (Å²) in [6.07, 6.45) is -2.14. The van der Waals surface area contributed by atoms with Gasteiger partial charge in [0.05, 0.1) is 10.9 Å². The minimum atomic E-state index is -4.60. The molecule has 0 fully saturated rings. The van der Waals surface area contributed by atoms with Crippen LogP contribution in [0.3, 0.4) is 0 Å². The van der Waals surface area contributed by atoms with Crippen molar-refractivity contribution in [1.82, 2.24) is 4.73 Å². The van der Waals surface area contributed by atoms with E-state index in [-0.39, 0.29) is 22.1 Å². The molecular weight excluding hydrogens is 483 g/mol. The number of rotatable bonds is 5. The minimum Gasteiger partial charge on any atom is -0.428 e. The molecule has 0 atom stereocenters. The van der Waals surface area contributed by atoms with Crippen molar-refractivity contribution < 1.29 is 28.0 Å². The molecule has 2 aromatic carbocycles. The quantitative estimate of drug-likeness (QED) is 0.155. The Bertz CT molecular complexity index is 1340. The molecule has 1 heterocycles. The zero-order valence-corrected chi connectivity index (χ0v) is 19.4. The molecule has 0 unspecified atom stereocenters. The van der Waals surface area contributed by atoms with E-state index in [0.29, 0.717) is 10.3 Å². The first-order valence-corrected chi connectivity index (χ1v) is 10.8. The molecule has 0 bridgehead atoms. The maximum Gasteiger partial charge on any atom is 0.416 e. The van der Waals surface area contributed by atoms with Crippen LogP contribution in [-0.4, -0.2) is 21.8 Å². The number of nitrogens with one attached hydrogen (secondary N) is 1. The molecule has 3 aromatic rings. The van der Waals surface area contributed by atoms with Crippen molar-refractivity contribution in [3.05, 3.63) is 99.6 Å². The molecular formula is C25H21ClF3N3O3. The van der Waals surface area contributed by atoms with Gasteiger partial charge in [0.2, 0.25) is 0 Å². The van der Waals surface area contributed by atoms with Gasteiger partial charge in [-0.1, -0.05) is 55.8 Å². The van der Waals surface area contributed by atoms with E-state index in [1.54, 1.807) is 12.1 Å². The summed E-state index contributed by atoms with van der Waals surface area (Å²) in [5.41, 5.74) is 0.0764. The standard InChI is InChI=1S/C25H21ClF3N3O3/c1-15(2)17-8-6-16(7-9-17)12-21(24(34)31-20-10-11-32(35)22(26)14-20)23(33)30-19-5-3-4-18(13-19)25(27,28)29/h3-15,35H,1-2H3,(H,30,33). The fourth-order valence-electron chi connectivity index (χ4n) is 3.04. The predicted octanol–water partition coefficient (Wildman–Crippen LogP) is 5.67. The fraction of sp³-hybridized carbons (Fsp3) is 0.160. The highest BCUT2D eigenvalue weighted by Crippen LogP contribution is 2.30. The van der Waals surface area contributed by atoms with Gasteiger partial charge in [0.25, 0.3) is 11.8 Å². The smallest absolute Gasteiger partial charge is 0.416 e. The second-order valence-corrected chi connectivity index (χ2v) is 8.27. The molecule has 0 radical (unpaired) electrons. The van der Waals surface area contributed by atoms with E-state index < -0.39 is 29.1 Å². The Balaban J connectivity index is 2.01. The molecule has 0 saturated carbocycles. The van der Waals surface area contributed by atoms with Gasteiger partial charge in [0.15, 0.2) is 0 Å². The number of carbonyl (C=O) groups excluding carboxylic acids is 2. The van der Waals surface area contributed by atoms with Crippen LogP contribution in [0.4, 0.5) is 18.9 Å². The predicted molar refractivity (Wildman–Crippen MR) is 126 cm³/mol. The summed E-state index contributed by atoms with van der Waals surface area (Å²) in [5.74, 6) is -1.62. The minimum absolute atomic E-state index is 0.0678. The topological polar surface area (TPSA) is 83.7 Å². The van der Waals surface area contributed by atoms with Crippen LogP contribution in [0.2, 0.25) is 5.15 Å². The largest absolute Gasteiger partial charge is 0.428 e. The van der Waals surface area contributed by atoms with Crippen LogP contribution < -0.4 is 10.7 Å². The first kappa shape index (κ1) is 25.8. The number of pyridine rings is 1. The van der Waals surface area contributed by atoms with Gasteiger partial charge < -0.3 is 10.5 Å². The van der Waals surface area contributed by atoms with Gasteiger partial charge in [0, 0.05) is 18.0 Å². The molecule has 0 saturated heterocycles. The highest BCUT2D eigenvalue weighted by atomic mass is 35.5. The second-order valence-electron chi connectivity index (χ2n) is 7.88. The molecule has 2 amide bonds. The Morgan fingerprint density at radius 2 is 1.77 bits per heavy atom. The third-order valence-corrected chi connectivity index (χ3v) is 5.22. The Labute approximate surface area is 204 Å². The number of carbonyl (C=O) groups is 2. The maximum atomic E-state index is 13.0. The lowest BCUT2D eigenvalue weighted by molar-refractivity contribution is -0.137. The lowest BCUT2D eigenvalue weighted by Gasteiger charge is -2.11. The Morgan fingerprint density at radius 3 is 2.37 bits per heavy atom. The maximum absolute atomic E-state index is 13.0. The molecule has 0 spiro atoms. The second kappa shape index (κ2) is 10.6. The summed E-state index contributed by atoms with van der Waals surface area (Å²) >= 11 is 5.82. The van der Waals surface area contributed by atoms with Gasteiger partial charge >= 0.3 is 6.18 Å². The number of halogens is 4. The summed E-state index contributed by atoms with van der Waals surface area (Å²) in [7, 11) is 0. The van der Waals surface area contributed by atoms with E-state index in [0.717, 1.165) is 30.0 Å². The highest BCUT2D eigenvalue weighted by Gasteiger charge is 2.30. The first-order valence-electron chi connectivity index (χ1n) is 10.4. The number of amides is 2. The van der Waals surface area contributed by atoms with Crippen molar-refractivity contribution in [3.63, 3.8) is 0 Å². The van der Waals surface area contributed by atoms with Crippen LogP contribution in [0.25, 0.3) is 6.08 Å². The lowest BCUT2D eigenvalue weighted by atomic mass is 10.0. The van der Waals surface area contributed by atoms with Crippen molar-refractivity contribution in [2.75, 3.05) is 5.32 Å². The third-order valence-electron chi connectivity index (χ3n) is 4.94. The van der Waals surface area contributed by atoms with Crippen LogP contribution >= 0.6 is 11.6 Å². The summed E-state index contributed by atoms with van der Waals surface area (Å²) in [4.78, 5) is 29.8. The first-order chi connectivity index (χ1) is 16.4. The van der Waals surface area contributed by atoms with E-state index in [9.17, 15) is 28.0 Å². The van der Waals surface area contributed by atoms with Crippen molar-refractivity contribution in [2.24, 2.45) is 4.99 Å². The zero-order valence-electron chi connectivity index (χ0n) is 18.7. The number of anilines is 1. The van der Waals surface area contributed by atoms with E-state index in [1.165, 1.54) is 24.3 Å². The van der Waals surface area contributed by atoms with Crippen LogP contribution in [-0.2, 0) is 15.8 Å². The van der Waals surface area contributed by atoms with Crippen molar-refractivity contribution >= 4 is 35.2 Å². The molecule has 2 N–H and O–H groups in total. The number of hydrogen-bond donors (Lipinski definition) is 2. The number of hydrogen-bond acceptors (Lipinski definition) is 3. The molecule has 182 valence electrons. The number of benzene rings is 2. The van der Waals surface area contributed by atoms with Gasteiger partial charge in [-0.3, -0.25) is 9.59 Å². The van der Waals surface area contributed by atoms with E-state index in [4.69, 9.17) is 11.6 Å². The summed E-state index contributed by atoms with van der Waals surface area (Å²) in [5, 5.41) is 11.8. The Kier molecular flexibility index (Phi) is 7.81. The normalized spacial score (nSPS) is 12.7. The highest BCUT2D eigenvalue weighted by molar-refractivity contribution is 6.29. The van der Waals surface area contributed by atoms with Crippen molar-refractivity contribution in [1.29, 1.82) is 0 Å². The van der Waals surface area contributed by atoms with Crippen molar-refractivity contribution in [3.8, 4) is 0 Å². The van der Waals surface area contributed by atoms with Gasteiger partial charge in [0.1, 0.15) is 10.7 Å². The fourth-order valence-corrected chi connectivity index (χ4v) is 3.21. The monoisotopic (exact) mass is 503 g/mol. The molecule has 3 rings (SSSR count). The van der Waals surface area contributed by atoms with Gasteiger partial charge in [-0.25, -0.2) is 4.99 Å². The van der Waals surface area contributed by atoms with E-state index in [1.807, 2.05) is 26.0 Å². The van der Waals surface area contributed by atoms with E-state index >= 15 is 0 Å². The summed E-state index contributed by atoms with van der Waals surface area (Å²) in [6, 6.07) is 13.7. The number of nitrogens with zero attached hydrogens (tertiary/aromatic N) is 2. The summed E-state index contributed by atoms with van der Waals surface area (Å²) < 4.78 is 39.8. The Hall–Kier alpha value is -3.85. The molecule has 35 heavy (non-hydrogen) atoms. The molecule has 0 aliphatic carbocycles. The molecule has 0 aliphatic rings. The van der Waals surface area contributed by atoms with E-state index in [2.05, 4.69) is 10.3 Å². The molecule has 6 nitrogen and oxygen atoms in total. The summed E-state index contributed by atoms with van der Waals surface area (Å²) in [6.45, 7) is 4.03. The third kappa shape index (κ3) is 6.83. The van der Waals surface area contributed by atoms with Crippen LogP contribution in [0.5, 0.6) is 0 Å². The van der Waals surface area contributed by atoms with Gasteiger partial charge in [-0.15, -0.1) is 0 Å². The van der Waals surface area contributed by atoms with Gasteiger partial charge in [-0.05, 0) is 47.4 Å². The average Bonchev–Trinajstić information content (AvgIpc) is 2.79. The molecule has 10 heteroatoms. The Morgan fingerprint density at radius 1 is 1.09 bits per heavy atom. The molecule has 1 aromatic heterocycles. The number of alkyl halides is 3.